The van der Waals surface area contributed by atoms with Crippen LogP contribution in [0.5, 0.6) is 0 Å². The van der Waals surface area contributed by atoms with Crippen LogP contribution < -0.4 is 0 Å². The summed E-state index contributed by atoms with van der Waals surface area (Å²) in [4.78, 5) is 15.0. The standard InChI is InChI=1S/C7H16BNO2.C7H14BNO2.CH4.B27/c2*1-6-5-9(8(2)11)4-3-7(6)10;;1-15-22(14)26(23(16(2)3)17(4)5)27(24(18(6)7)19(8)9)25(20(10)11)21(12)13/h6-7,10-11H,3-5H2,1-2H3;6,11H,3-5H2,1-2H3;1H4;. The van der Waals surface area contributed by atoms with Gasteiger partial charge in [0.2, 0.25) is 0 Å². The topological polar surface area (TPSA) is 84.2 Å². The second kappa shape index (κ2) is 26.3. The summed E-state index contributed by atoms with van der Waals surface area (Å²) in [6, 6.07) is 0. The first-order valence-corrected chi connectivity index (χ1v) is 16.9. The van der Waals surface area contributed by atoms with E-state index in [1.54, 1.807) is 13.6 Å². The third kappa shape index (κ3) is 17.4. The molecule has 2 rings (SSSR count). The number of ketones is 1. The highest BCUT2D eigenvalue weighted by Gasteiger charge is 2.50. The van der Waals surface area contributed by atoms with Crippen LogP contribution in [0.4, 0.5) is 0 Å². The number of nitrogens with zero attached hydrogens (tertiary/aromatic N) is 2. The van der Waals surface area contributed by atoms with Crippen LogP contribution in [0.1, 0.15) is 34.1 Å². The van der Waals surface area contributed by atoms with Crippen molar-refractivity contribution in [2.45, 2.75) is 53.9 Å². The fourth-order valence-electron chi connectivity index (χ4n) is 6.87. The van der Waals surface area contributed by atoms with Gasteiger partial charge in [0, 0.05) is 204 Å². The van der Waals surface area contributed by atoms with E-state index in [4.69, 9.17) is 108 Å². The van der Waals surface area contributed by atoms with Gasteiger partial charge in [-0.1, -0.05) is 21.3 Å². The van der Waals surface area contributed by atoms with Gasteiger partial charge in [0.05, 0.1) is 6.10 Å². The van der Waals surface area contributed by atoms with Crippen LogP contribution in [-0.2, 0) is 4.79 Å². The van der Waals surface area contributed by atoms with E-state index in [1.807, 2.05) is 23.5 Å². The highest BCUT2D eigenvalue weighted by Crippen LogP contribution is 2.17. The highest BCUT2D eigenvalue weighted by atomic mass is 16.3. The lowest BCUT2D eigenvalue weighted by Crippen LogP contribution is -2.86. The Morgan fingerprint density at radius 3 is 1.30 bits per heavy atom. The van der Waals surface area contributed by atoms with Crippen LogP contribution >= 0.6 is 0 Å². The molecule has 50 heavy (non-hydrogen) atoms. The molecule has 0 aromatic heterocycles. The van der Waals surface area contributed by atoms with Gasteiger partial charge in [0.1, 0.15) is 5.78 Å². The molecule has 0 bridgehead atoms. The molecular weight excluding hydrogens is 586 g/mol. The van der Waals surface area contributed by atoms with Crippen LogP contribution in [0.15, 0.2) is 0 Å². The van der Waals surface area contributed by atoms with Gasteiger partial charge < -0.3 is 24.8 Å². The van der Waals surface area contributed by atoms with Gasteiger partial charge in [-0.3, -0.25) is 4.79 Å². The Hall–Kier alpha value is 1.35. The molecule has 29 radical (unpaired) electrons. The van der Waals surface area contributed by atoms with Gasteiger partial charge in [0.25, 0.3) is 0 Å². The monoisotopic (exact) mass is 626 g/mol. The number of Topliss-reactive ketones (excluding diaryl/α,β-unsaturated/α-hetero) is 1. The van der Waals surface area contributed by atoms with Gasteiger partial charge >= 0.3 is 14.1 Å². The molecule has 0 aromatic rings. The number of piperidine rings is 2. The zero-order valence-electron chi connectivity index (χ0n) is 29.9. The van der Waals surface area contributed by atoms with Gasteiger partial charge in [-0.25, -0.2) is 0 Å². The third-order valence-corrected chi connectivity index (χ3v) is 9.76. The van der Waals surface area contributed by atoms with Gasteiger partial charge in [0.15, 0.2) is 0 Å². The van der Waals surface area contributed by atoms with Crippen molar-refractivity contribution in [2.75, 3.05) is 26.2 Å². The zero-order chi connectivity index (χ0) is 38.5. The normalized spacial score (nSPS) is 18.5. The SMILES string of the molecule is C.CB(O)N1CCC(=O)C(C)C1.CB(O)N1CCC(O)C(C)C1.[B][B]B([B])B(B(B([B])[B])B([B])[B])B(B(B([B])[B])B([B])[B])B(B([B])[B])B([B])[B]. The zero-order valence-corrected chi connectivity index (χ0v) is 29.9. The smallest absolute Gasteiger partial charge is 0.376 e. The molecule has 2 fully saturated rings. The molecule has 3 N–H and O–H groups in total. The number of aliphatic hydroxyl groups excluding tert-OH is 1. The summed E-state index contributed by atoms with van der Waals surface area (Å²) in [5.74, 6) is 0.707. The van der Waals surface area contributed by atoms with E-state index in [0.717, 1.165) is 19.5 Å². The minimum absolute atomic E-state index is 0. The minimum atomic E-state index is -0.994. The second-order valence-corrected chi connectivity index (χ2v) is 13.8. The van der Waals surface area contributed by atoms with Crippen molar-refractivity contribution in [1.82, 2.24) is 9.62 Å². The Kier molecular flexibility index (Phi) is 28.1. The average Bonchev–Trinajstić information content (AvgIpc) is 2.97. The third-order valence-electron chi connectivity index (χ3n) is 9.76. The molecule has 2 aliphatic rings. The number of aliphatic hydroxyl groups is 1. The highest BCUT2D eigenvalue weighted by molar-refractivity contribution is 8.25. The van der Waals surface area contributed by atoms with Crippen LogP contribution in [-0.4, -0.2) is 269 Å². The molecule has 0 saturated carbocycles. The van der Waals surface area contributed by atoms with E-state index in [0.29, 0.717) is 31.2 Å². The number of carbonyl (C=O) groups excluding carboxylic acids is 1. The molecule has 6 nitrogen and oxygen atoms in total. The summed E-state index contributed by atoms with van der Waals surface area (Å²) in [5, 5.41) is 27.8. The fourth-order valence-corrected chi connectivity index (χ4v) is 6.87. The van der Waals surface area contributed by atoms with Crippen molar-refractivity contribution in [3.63, 3.8) is 0 Å². The van der Waals surface area contributed by atoms with Crippen LogP contribution in [0.2, 0.25) is 13.6 Å². The summed E-state index contributed by atoms with van der Waals surface area (Å²) < 4.78 is 0. The molecular formula is C15H34B29N2O4. The number of hydrogen-bond donors (Lipinski definition) is 3. The van der Waals surface area contributed by atoms with Crippen molar-refractivity contribution in [1.29, 1.82) is 0 Å². The van der Waals surface area contributed by atoms with Gasteiger partial charge in [-0.05, 0) is 52.2 Å². The molecule has 35 heteroatoms. The molecule has 0 aromatic carbocycles. The van der Waals surface area contributed by atoms with E-state index < -0.39 is 83.7 Å². The number of rotatable bonds is 14. The van der Waals surface area contributed by atoms with Crippen LogP contribution in [0.3, 0.4) is 0 Å². The van der Waals surface area contributed by atoms with E-state index in [9.17, 15) is 19.9 Å². The van der Waals surface area contributed by atoms with Gasteiger partial charge in [-0.2, -0.15) is 0 Å². The fraction of sp³-hybridized carbons (Fsp3) is 0.933. The Morgan fingerprint density at radius 2 is 1.00 bits per heavy atom. The summed E-state index contributed by atoms with van der Waals surface area (Å²) in [6.45, 7) is 10.5. The molecule has 0 spiro atoms. The Bertz CT molecular complexity index is 867. The first kappa shape index (κ1) is 53.5. The number of carbonyl (C=O) groups is 1. The predicted molar refractivity (Wildman–Crippen MR) is 251 cm³/mol. The maximum absolute atomic E-state index is 11.1. The molecule has 3 unspecified atom stereocenters. The molecule has 0 amide bonds. The van der Waals surface area contributed by atoms with E-state index in [1.165, 1.54) is 7.06 Å². The summed E-state index contributed by atoms with van der Waals surface area (Å²) in [5.41, 5.74) is 0. The molecule has 3 atom stereocenters. The molecule has 2 saturated heterocycles. The maximum atomic E-state index is 11.1. The lowest BCUT2D eigenvalue weighted by atomic mass is 8.33. The quantitative estimate of drug-likeness (QED) is 0.168. The van der Waals surface area contributed by atoms with Crippen LogP contribution in [0.25, 0.3) is 0 Å². The van der Waals surface area contributed by atoms with Crippen molar-refractivity contribution >= 4 is 212 Å². The minimum Gasteiger partial charge on any atom is -0.437 e. The van der Waals surface area contributed by atoms with Crippen molar-refractivity contribution in [2.24, 2.45) is 11.8 Å². The van der Waals surface area contributed by atoms with E-state index >= 15 is 0 Å². The lowest BCUT2D eigenvalue weighted by molar-refractivity contribution is -0.124. The van der Waals surface area contributed by atoms with Gasteiger partial charge in [-0.15, -0.1) is 0 Å². The average molecular weight is 620 g/mol. The second-order valence-electron chi connectivity index (χ2n) is 13.8. The van der Waals surface area contributed by atoms with Crippen molar-refractivity contribution in [3.05, 3.63) is 0 Å². The summed E-state index contributed by atoms with van der Waals surface area (Å²) >= 11 is 0. The van der Waals surface area contributed by atoms with E-state index in [-0.39, 0.29) is 26.5 Å². The Morgan fingerprint density at radius 1 is 0.640 bits per heavy atom. The number of hydrogen-bond acceptors (Lipinski definition) is 6. The first-order valence-electron chi connectivity index (χ1n) is 16.9. The van der Waals surface area contributed by atoms with E-state index in [2.05, 4.69) is 0 Å². The Balaban J connectivity index is 0. The molecule has 215 valence electrons. The van der Waals surface area contributed by atoms with Crippen molar-refractivity contribution in [3.8, 4) is 0 Å². The Labute approximate surface area is 331 Å². The van der Waals surface area contributed by atoms with Crippen molar-refractivity contribution < 1.29 is 19.9 Å². The lowest BCUT2D eigenvalue weighted by Gasteiger charge is -2.48. The largest absolute Gasteiger partial charge is 0.437 e. The van der Waals surface area contributed by atoms with Crippen LogP contribution in [0, 0.1) is 11.8 Å². The predicted octanol–water partition coefficient (Wildman–Crippen LogP) is -9.84. The summed E-state index contributed by atoms with van der Waals surface area (Å²) in [6.07, 6.45) is -9.34. The first-order chi connectivity index (χ1) is 22.5. The maximum Gasteiger partial charge on any atom is 0.376 e. The molecule has 2 heterocycles. The molecule has 2 aliphatic heterocycles. The molecule has 0 aliphatic carbocycles. The summed E-state index contributed by atoms with van der Waals surface area (Å²) in [7, 11) is 83.8.